The van der Waals surface area contributed by atoms with Crippen molar-refractivity contribution in [2.45, 2.75) is 25.6 Å². The minimum atomic E-state index is -4.38. The van der Waals surface area contributed by atoms with Crippen LogP contribution in [0.15, 0.2) is 24.3 Å². The molecule has 1 N–H and O–H groups in total. The van der Waals surface area contributed by atoms with Gasteiger partial charge in [-0.05, 0) is 24.3 Å². The fourth-order valence-corrected chi connectivity index (χ4v) is 1.16. The monoisotopic (exact) mass is 262 g/mol. The van der Waals surface area contributed by atoms with Gasteiger partial charge >= 0.3 is 6.18 Å². The van der Waals surface area contributed by atoms with Crippen LogP contribution in [0, 0.1) is 10.1 Å². The van der Waals surface area contributed by atoms with Gasteiger partial charge in [-0.15, -0.1) is 0 Å². The quantitative estimate of drug-likeness (QED) is 0.669. The molecule has 1 rings (SSSR count). The summed E-state index contributed by atoms with van der Waals surface area (Å²) in [5.74, 6) is 0. The van der Waals surface area contributed by atoms with Crippen LogP contribution in [0.25, 0.3) is 0 Å². The molecular formula is C11H13F3N2O2. The Kier molecular flexibility index (Phi) is 3.83. The molecule has 1 aromatic rings. The first-order chi connectivity index (χ1) is 8.13. The van der Waals surface area contributed by atoms with E-state index in [0.717, 1.165) is 12.1 Å². The largest absolute Gasteiger partial charge is 0.416 e. The van der Waals surface area contributed by atoms with Crippen LogP contribution in [0.3, 0.4) is 0 Å². The Bertz CT molecular complexity index is 427. The zero-order valence-corrected chi connectivity index (χ0v) is 9.91. The molecular weight excluding hydrogens is 249 g/mol. The topological polar surface area (TPSA) is 55.2 Å². The first-order valence-electron chi connectivity index (χ1n) is 5.18. The van der Waals surface area contributed by atoms with Crippen molar-refractivity contribution in [2.75, 3.05) is 11.9 Å². The van der Waals surface area contributed by atoms with E-state index in [0.29, 0.717) is 5.69 Å². The SMILES string of the molecule is CC(C)(CNc1ccc(C(F)(F)F)cc1)[N+](=O)[O-]. The summed E-state index contributed by atoms with van der Waals surface area (Å²) in [7, 11) is 0. The van der Waals surface area contributed by atoms with Crippen LogP contribution in [0.2, 0.25) is 0 Å². The highest BCUT2D eigenvalue weighted by atomic mass is 19.4. The van der Waals surface area contributed by atoms with Crippen LogP contribution in [-0.4, -0.2) is 17.0 Å². The highest BCUT2D eigenvalue weighted by Gasteiger charge is 2.31. The molecule has 0 saturated carbocycles. The van der Waals surface area contributed by atoms with Gasteiger partial charge in [0.2, 0.25) is 5.54 Å². The second-order valence-electron chi connectivity index (χ2n) is 4.50. The number of anilines is 1. The first kappa shape index (κ1) is 14.3. The van der Waals surface area contributed by atoms with Crippen molar-refractivity contribution in [3.8, 4) is 0 Å². The van der Waals surface area contributed by atoms with E-state index in [1.54, 1.807) is 0 Å². The van der Waals surface area contributed by atoms with E-state index in [-0.39, 0.29) is 6.54 Å². The third kappa shape index (κ3) is 3.61. The summed E-state index contributed by atoms with van der Waals surface area (Å²) < 4.78 is 36.9. The Morgan fingerprint density at radius 2 is 1.72 bits per heavy atom. The zero-order chi connectivity index (χ0) is 14.0. The molecule has 0 spiro atoms. The van der Waals surface area contributed by atoms with Gasteiger partial charge in [0.15, 0.2) is 0 Å². The Hall–Kier alpha value is -1.79. The van der Waals surface area contributed by atoms with Crippen LogP contribution >= 0.6 is 0 Å². The Morgan fingerprint density at radius 3 is 2.11 bits per heavy atom. The van der Waals surface area contributed by atoms with Gasteiger partial charge in [-0.3, -0.25) is 10.1 Å². The van der Waals surface area contributed by atoms with Crippen molar-refractivity contribution in [3.05, 3.63) is 39.9 Å². The second kappa shape index (κ2) is 4.83. The summed E-state index contributed by atoms with van der Waals surface area (Å²) in [5.41, 5.74) is -1.51. The third-order valence-electron chi connectivity index (χ3n) is 2.43. The maximum atomic E-state index is 12.3. The van der Waals surface area contributed by atoms with Crippen molar-refractivity contribution in [1.82, 2.24) is 0 Å². The number of nitrogens with zero attached hydrogens (tertiary/aromatic N) is 1. The third-order valence-corrected chi connectivity index (χ3v) is 2.43. The van der Waals surface area contributed by atoms with E-state index in [2.05, 4.69) is 5.32 Å². The molecule has 0 unspecified atom stereocenters. The number of benzene rings is 1. The lowest BCUT2D eigenvalue weighted by Crippen LogP contribution is -2.38. The molecule has 0 aliphatic carbocycles. The normalized spacial score (nSPS) is 12.3. The number of nitrogens with one attached hydrogen (secondary N) is 1. The predicted octanol–water partition coefficient (Wildman–Crippen LogP) is 3.17. The average molecular weight is 262 g/mol. The fraction of sp³-hybridized carbons (Fsp3) is 0.455. The van der Waals surface area contributed by atoms with Gasteiger partial charge in [0, 0.05) is 24.5 Å². The second-order valence-corrected chi connectivity index (χ2v) is 4.50. The van der Waals surface area contributed by atoms with Crippen LogP contribution < -0.4 is 5.32 Å². The van der Waals surface area contributed by atoms with E-state index in [9.17, 15) is 23.3 Å². The Morgan fingerprint density at radius 1 is 1.22 bits per heavy atom. The molecule has 100 valence electrons. The summed E-state index contributed by atoms with van der Waals surface area (Å²) in [6.07, 6.45) is -4.38. The number of hydrogen-bond acceptors (Lipinski definition) is 3. The average Bonchev–Trinajstić information content (AvgIpc) is 2.25. The van der Waals surface area contributed by atoms with Crippen molar-refractivity contribution >= 4 is 5.69 Å². The minimum absolute atomic E-state index is 0.0331. The van der Waals surface area contributed by atoms with E-state index in [1.165, 1.54) is 26.0 Å². The van der Waals surface area contributed by atoms with E-state index >= 15 is 0 Å². The van der Waals surface area contributed by atoms with Crippen molar-refractivity contribution < 1.29 is 18.1 Å². The lowest BCUT2D eigenvalue weighted by atomic mass is 10.1. The van der Waals surface area contributed by atoms with Gasteiger partial charge in [-0.25, -0.2) is 0 Å². The van der Waals surface area contributed by atoms with Crippen LogP contribution in [0.4, 0.5) is 18.9 Å². The highest BCUT2D eigenvalue weighted by Crippen LogP contribution is 2.29. The lowest BCUT2D eigenvalue weighted by molar-refractivity contribution is -0.556. The molecule has 0 bridgehead atoms. The maximum absolute atomic E-state index is 12.3. The molecule has 7 heteroatoms. The molecule has 0 amide bonds. The predicted molar refractivity (Wildman–Crippen MR) is 61.0 cm³/mol. The first-order valence-corrected chi connectivity index (χ1v) is 5.18. The molecule has 0 radical (unpaired) electrons. The van der Waals surface area contributed by atoms with Crippen molar-refractivity contribution in [1.29, 1.82) is 0 Å². The van der Waals surface area contributed by atoms with Crippen molar-refractivity contribution in [3.63, 3.8) is 0 Å². The maximum Gasteiger partial charge on any atom is 0.416 e. The smallest absolute Gasteiger partial charge is 0.378 e. The molecule has 0 aromatic heterocycles. The molecule has 4 nitrogen and oxygen atoms in total. The molecule has 0 aliphatic rings. The van der Waals surface area contributed by atoms with E-state index in [1.807, 2.05) is 0 Å². The number of halogens is 3. The van der Waals surface area contributed by atoms with E-state index < -0.39 is 22.2 Å². The summed E-state index contributed by atoms with van der Waals surface area (Å²) in [4.78, 5) is 10.2. The summed E-state index contributed by atoms with van der Waals surface area (Å²) in [5, 5.41) is 13.4. The number of hydrogen-bond donors (Lipinski definition) is 1. The van der Waals surface area contributed by atoms with Crippen LogP contribution in [0.1, 0.15) is 19.4 Å². The number of nitro groups is 1. The van der Waals surface area contributed by atoms with Gasteiger partial charge in [0.1, 0.15) is 0 Å². The molecule has 0 aliphatic heterocycles. The summed E-state index contributed by atoms with van der Waals surface area (Å²) >= 11 is 0. The molecule has 0 heterocycles. The van der Waals surface area contributed by atoms with E-state index in [4.69, 9.17) is 0 Å². The van der Waals surface area contributed by atoms with Gasteiger partial charge < -0.3 is 5.32 Å². The number of alkyl halides is 3. The zero-order valence-electron chi connectivity index (χ0n) is 9.91. The van der Waals surface area contributed by atoms with Gasteiger partial charge in [0.25, 0.3) is 0 Å². The number of rotatable bonds is 4. The molecule has 1 aromatic carbocycles. The molecule has 0 atom stereocenters. The van der Waals surface area contributed by atoms with Gasteiger partial charge in [-0.1, -0.05) is 0 Å². The lowest BCUT2D eigenvalue weighted by Gasteiger charge is -2.17. The fourth-order valence-electron chi connectivity index (χ4n) is 1.16. The van der Waals surface area contributed by atoms with Crippen molar-refractivity contribution in [2.24, 2.45) is 0 Å². The summed E-state index contributed by atoms with van der Waals surface area (Å²) in [6.45, 7) is 2.90. The molecule has 0 fully saturated rings. The highest BCUT2D eigenvalue weighted by molar-refractivity contribution is 5.45. The summed E-state index contributed by atoms with van der Waals surface area (Å²) in [6, 6.07) is 4.36. The van der Waals surface area contributed by atoms with Gasteiger partial charge in [0.05, 0.1) is 12.1 Å². The van der Waals surface area contributed by atoms with Crippen LogP contribution in [0.5, 0.6) is 0 Å². The standard InChI is InChI=1S/C11H13F3N2O2/c1-10(2,16(17)18)7-15-9-5-3-8(4-6-9)11(12,13)14/h3-6,15H,7H2,1-2H3. The Labute approximate surface area is 102 Å². The molecule has 0 saturated heterocycles. The Balaban J connectivity index is 2.68. The van der Waals surface area contributed by atoms with Gasteiger partial charge in [-0.2, -0.15) is 13.2 Å². The van der Waals surface area contributed by atoms with Crippen LogP contribution in [-0.2, 0) is 6.18 Å². The minimum Gasteiger partial charge on any atom is -0.378 e. The molecule has 18 heavy (non-hydrogen) atoms.